The number of benzene rings is 3. The summed E-state index contributed by atoms with van der Waals surface area (Å²) in [4.78, 5) is 24.9. The lowest BCUT2D eigenvalue weighted by Crippen LogP contribution is -2.10. The summed E-state index contributed by atoms with van der Waals surface area (Å²) in [6.07, 6.45) is 7.28. The molecule has 35 heavy (non-hydrogen) atoms. The Balaban J connectivity index is 1.49. The van der Waals surface area contributed by atoms with Gasteiger partial charge in [-0.15, -0.1) is 0 Å². The van der Waals surface area contributed by atoms with E-state index in [0.717, 1.165) is 17.7 Å². The van der Waals surface area contributed by atoms with Crippen LogP contribution >= 0.6 is 0 Å². The van der Waals surface area contributed by atoms with E-state index < -0.39 is 11.9 Å². The van der Waals surface area contributed by atoms with Gasteiger partial charge < -0.3 is 14.2 Å². The topological polar surface area (TPSA) is 61.8 Å². The SMILES string of the molecule is CCCCCCCCOc1ccc(C(=O)Oc2ccc(OC(=O)c3ccc(C)cc3)c(C)c2)cc1. The van der Waals surface area contributed by atoms with Gasteiger partial charge in [0.05, 0.1) is 17.7 Å². The highest BCUT2D eigenvalue weighted by Gasteiger charge is 2.13. The molecular formula is C30H34O5. The van der Waals surface area contributed by atoms with Crippen molar-refractivity contribution in [2.75, 3.05) is 6.61 Å². The Labute approximate surface area is 208 Å². The predicted octanol–water partition coefficient (Wildman–Crippen LogP) is 7.48. The quantitative estimate of drug-likeness (QED) is 0.155. The molecule has 0 aliphatic heterocycles. The Kier molecular flexibility index (Phi) is 9.91. The highest BCUT2D eigenvalue weighted by atomic mass is 16.5. The van der Waals surface area contributed by atoms with Crippen molar-refractivity contribution in [3.8, 4) is 17.2 Å². The fraction of sp³-hybridized carbons (Fsp3) is 0.333. The van der Waals surface area contributed by atoms with Crippen LogP contribution in [0.3, 0.4) is 0 Å². The van der Waals surface area contributed by atoms with Crippen LogP contribution in [0.4, 0.5) is 0 Å². The third-order valence-corrected chi connectivity index (χ3v) is 5.70. The Morgan fingerprint density at radius 3 is 1.89 bits per heavy atom. The van der Waals surface area contributed by atoms with Gasteiger partial charge in [0, 0.05) is 0 Å². The van der Waals surface area contributed by atoms with E-state index >= 15 is 0 Å². The van der Waals surface area contributed by atoms with Crippen molar-refractivity contribution in [1.82, 2.24) is 0 Å². The van der Waals surface area contributed by atoms with Crippen molar-refractivity contribution in [2.45, 2.75) is 59.3 Å². The maximum Gasteiger partial charge on any atom is 0.343 e. The van der Waals surface area contributed by atoms with E-state index in [-0.39, 0.29) is 0 Å². The van der Waals surface area contributed by atoms with Crippen LogP contribution in [-0.2, 0) is 0 Å². The summed E-state index contributed by atoms with van der Waals surface area (Å²) in [6.45, 7) is 6.64. The fourth-order valence-corrected chi connectivity index (χ4v) is 3.57. The van der Waals surface area contributed by atoms with E-state index in [4.69, 9.17) is 14.2 Å². The van der Waals surface area contributed by atoms with Crippen molar-refractivity contribution < 1.29 is 23.8 Å². The molecule has 5 heteroatoms. The van der Waals surface area contributed by atoms with E-state index in [9.17, 15) is 9.59 Å². The van der Waals surface area contributed by atoms with E-state index in [1.54, 1.807) is 61.5 Å². The third-order valence-electron chi connectivity index (χ3n) is 5.70. The highest BCUT2D eigenvalue weighted by Crippen LogP contribution is 2.25. The van der Waals surface area contributed by atoms with Crippen LogP contribution in [0.2, 0.25) is 0 Å². The van der Waals surface area contributed by atoms with Crippen molar-refractivity contribution >= 4 is 11.9 Å². The first-order chi connectivity index (χ1) is 17.0. The summed E-state index contributed by atoms with van der Waals surface area (Å²) >= 11 is 0. The van der Waals surface area contributed by atoms with Crippen LogP contribution in [0, 0.1) is 13.8 Å². The number of carbonyl (C=O) groups excluding carboxylic acids is 2. The summed E-state index contributed by atoms with van der Waals surface area (Å²) in [5.74, 6) is 0.645. The second-order valence-corrected chi connectivity index (χ2v) is 8.71. The largest absolute Gasteiger partial charge is 0.494 e. The number of esters is 2. The van der Waals surface area contributed by atoms with Gasteiger partial charge in [-0.1, -0.05) is 56.7 Å². The molecule has 0 aliphatic carbocycles. The standard InChI is InChI=1S/C30H34O5/c1-4-5-6-7-8-9-20-33-26-16-14-25(15-17-26)29(31)34-27-18-19-28(23(3)21-27)35-30(32)24-12-10-22(2)11-13-24/h10-19,21H,4-9,20H2,1-3H3. The first kappa shape index (κ1) is 26.0. The van der Waals surface area contributed by atoms with Gasteiger partial charge in [-0.25, -0.2) is 9.59 Å². The van der Waals surface area contributed by atoms with Gasteiger partial charge in [0.1, 0.15) is 17.2 Å². The Bertz CT molecular complexity index is 1100. The summed E-state index contributed by atoms with van der Waals surface area (Å²) in [7, 11) is 0. The lowest BCUT2D eigenvalue weighted by atomic mass is 10.1. The molecule has 0 unspecified atom stereocenters. The van der Waals surface area contributed by atoms with Gasteiger partial charge in [-0.05, 0) is 80.4 Å². The molecular weight excluding hydrogens is 440 g/mol. The van der Waals surface area contributed by atoms with Gasteiger partial charge in [0.25, 0.3) is 0 Å². The number of carbonyl (C=O) groups is 2. The Hall–Kier alpha value is -3.60. The van der Waals surface area contributed by atoms with E-state index in [1.807, 2.05) is 19.1 Å². The van der Waals surface area contributed by atoms with Crippen molar-refractivity contribution in [3.63, 3.8) is 0 Å². The molecule has 0 N–H and O–H groups in total. The first-order valence-corrected chi connectivity index (χ1v) is 12.3. The summed E-state index contributed by atoms with van der Waals surface area (Å²) in [5.41, 5.74) is 2.67. The fourth-order valence-electron chi connectivity index (χ4n) is 3.57. The summed E-state index contributed by atoms with van der Waals surface area (Å²) in [5, 5.41) is 0. The maximum atomic E-state index is 12.5. The van der Waals surface area contributed by atoms with Crippen LogP contribution in [-0.4, -0.2) is 18.5 Å². The molecule has 3 rings (SSSR count). The highest BCUT2D eigenvalue weighted by molar-refractivity contribution is 5.92. The average molecular weight is 475 g/mol. The zero-order valence-corrected chi connectivity index (χ0v) is 20.8. The molecule has 0 heterocycles. The maximum absolute atomic E-state index is 12.5. The van der Waals surface area contributed by atoms with Gasteiger partial charge in [0.2, 0.25) is 0 Å². The number of hydrogen-bond acceptors (Lipinski definition) is 5. The molecule has 0 fully saturated rings. The van der Waals surface area contributed by atoms with Crippen LogP contribution < -0.4 is 14.2 Å². The normalized spacial score (nSPS) is 10.6. The smallest absolute Gasteiger partial charge is 0.343 e. The lowest BCUT2D eigenvalue weighted by Gasteiger charge is -2.10. The first-order valence-electron chi connectivity index (χ1n) is 12.3. The van der Waals surface area contributed by atoms with E-state index in [1.165, 1.54) is 32.1 Å². The number of unbranched alkanes of at least 4 members (excludes halogenated alkanes) is 5. The minimum Gasteiger partial charge on any atom is -0.494 e. The Morgan fingerprint density at radius 1 is 0.657 bits per heavy atom. The molecule has 0 aromatic heterocycles. The van der Waals surface area contributed by atoms with Crippen LogP contribution in [0.1, 0.15) is 77.3 Å². The molecule has 184 valence electrons. The van der Waals surface area contributed by atoms with Crippen LogP contribution in [0.25, 0.3) is 0 Å². The van der Waals surface area contributed by atoms with E-state index in [2.05, 4.69) is 6.92 Å². The average Bonchev–Trinajstić information content (AvgIpc) is 2.86. The van der Waals surface area contributed by atoms with Crippen molar-refractivity contribution in [1.29, 1.82) is 0 Å². The summed E-state index contributed by atoms with van der Waals surface area (Å²) in [6, 6.07) is 19.1. The monoisotopic (exact) mass is 474 g/mol. The van der Waals surface area contributed by atoms with Crippen molar-refractivity contribution in [2.24, 2.45) is 0 Å². The molecule has 0 radical (unpaired) electrons. The molecule has 0 atom stereocenters. The predicted molar refractivity (Wildman–Crippen MR) is 138 cm³/mol. The zero-order chi connectivity index (χ0) is 25.0. The summed E-state index contributed by atoms with van der Waals surface area (Å²) < 4.78 is 16.8. The van der Waals surface area contributed by atoms with Crippen LogP contribution in [0.15, 0.2) is 66.7 Å². The molecule has 5 nitrogen and oxygen atoms in total. The van der Waals surface area contributed by atoms with Crippen LogP contribution in [0.5, 0.6) is 17.2 Å². The minimum atomic E-state index is -0.462. The molecule has 0 aliphatic rings. The molecule has 3 aromatic carbocycles. The molecule has 0 saturated heterocycles. The molecule has 0 saturated carbocycles. The third kappa shape index (κ3) is 8.29. The number of ether oxygens (including phenoxy) is 3. The van der Waals surface area contributed by atoms with Crippen molar-refractivity contribution in [3.05, 3.63) is 89.0 Å². The molecule has 0 amide bonds. The second-order valence-electron chi connectivity index (χ2n) is 8.71. The minimum absolute atomic E-state index is 0.381. The van der Waals surface area contributed by atoms with E-state index in [0.29, 0.717) is 34.8 Å². The number of aryl methyl sites for hydroxylation is 2. The van der Waals surface area contributed by atoms with Gasteiger partial charge in [-0.3, -0.25) is 0 Å². The Morgan fingerprint density at radius 2 is 1.23 bits per heavy atom. The van der Waals surface area contributed by atoms with Gasteiger partial charge in [0.15, 0.2) is 0 Å². The molecule has 0 spiro atoms. The number of hydrogen-bond donors (Lipinski definition) is 0. The molecule has 3 aromatic rings. The lowest BCUT2D eigenvalue weighted by molar-refractivity contribution is 0.0718. The van der Waals surface area contributed by atoms with Gasteiger partial charge >= 0.3 is 11.9 Å². The zero-order valence-electron chi connectivity index (χ0n) is 20.8. The number of rotatable bonds is 12. The van der Waals surface area contributed by atoms with Gasteiger partial charge in [-0.2, -0.15) is 0 Å². The molecule has 0 bridgehead atoms. The second kappa shape index (κ2) is 13.3.